The molecule has 21 heavy (non-hydrogen) atoms. The number of piperidine rings is 1. The Morgan fingerprint density at radius 1 is 1.33 bits per heavy atom. The molecule has 3 aliphatic rings. The first-order valence-corrected chi connectivity index (χ1v) is 8.48. The molecule has 0 amide bonds. The normalized spacial score (nSPS) is 31.5. The zero-order valence-electron chi connectivity index (χ0n) is 12.6. The summed E-state index contributed by atoms with van der Waals surface area (Å²) in [6.07, 6.45) is 8.86. The van der Waals surface area contributed by atoms with E-state index < -0.39 is 0 Å². The molecule has 3 rings (SSSR count). The summed E-state index contributed by atoms with van der Waals surface area (Å²) in [4.78, 5) is 14.0. The third-order valence-corrected chi connectivity index (χ3v) is 5.37. The van der Waals surface area contributed by atoms with E-state index in [0.717, 1.165) is 37.0 Å². The minimum absolute atomic E-state index is 0.0470. The number of likely N-dealkylation sites (tertiary alicyclic amines) is 1. The minimum Gasteiger partial charge on any atom is -0.466 e. The first kappa shape index (κ1) is 14.8. The Bertz CT molecular complexity index is 444. The Hall–Kier alpha value is -1.10. The van der Waals surface area contributed by atoms with Gasteiger partial charge in [-0.05, 0) is 56.7 Å². The molecule has 0 unspecified atom stereocenters. The quantitative estimate of drug-likeness (QED) is 0.491. The lowest BCUT2D eigenvalue weighted by atomic mass is 9.97. The van der Waals surface area contributed by atoms with Crippen molar-refractivity contribution in [2.45, 2.75) is 38.6 Å². The van der Waals surface area contributed by atoms with Gasteiger partial charge < -0.3 is 15.0 Å². The number of thiocarbonyl (C=S) groups is 1. The van der Waals surface area contributed by atoms with Crippen LogP contribution in [0.15, 0.2) is 12.2 Å². The van der Waals surface area contributed by atoms with Crippen LogP contribution >= 0.6 is 12.2 Å². The van der Waals surface area contributed by atoms with Gasteiger partial charge in [0.05, 0.1) is 12.5 Å². The summed E-state index contributed by atoms with van der Waals surface area (Å²) in [7, 11) is 0. The van der Waals surface area contributed by atoms with Crippen LogP contribution in [0.1, 0.15) is 32.6 Å². The van der Waals surface area contributed by atoms with Gasteiger partial charge in [-0.2, -0.15) is 0 Å². The standard InChI is InChI=1S/C16H24N2O2S/c1-2-20-15(19)12-5-7-18(8-6-12)16(21)17-14-10-11-3-4-13(14)9-11/h3-4,11-14H,2,5-10H2,1H3,(H,17,21)/t11-,13-,14+/m0/s1. The molecule has 0 spiro atoms. The topological polar surface area (TPSA) is 41.6 Å². The number of fused-ring (bicyclic) bond motifs is 2. The average Bonchev–Trinajstić information content (AvgIpc) is 3.10. The molecule has 1 saturated heterocycles. The molecule has 1 heterocycles. The van der Waals surface area contributed by atoms with Gasteiger partial charge in [0.2, 0.25) is 0 Å². The summed E-state index contributed by atoms with van der Waals surface area (Å²) in [5, 5.41) is 4.40. The Kier molecular flexibility index (Phi) is 4.48. The van der Waals surface area contributed by atoms with Gasteiger partial charge in [0.15, 0.2) is 5.11 Å². The van der Waals surface area contributed by atoms with Crippen molar-refractivity contribution in [3.63, 3.8) is 0 Å². The first-order chi connectivity index (χ1) is 10.2. The predicted molar refractivity (Wildman–Crippen MR) is 85.8 cm³/mol. The van der Waals surface area contributed by atoms with E-state index in [-0.39, 0.29) is 11.9 Å². The average molecular weight is 308 g/mol. The van der Waals surface area contributed by atoms with E-state index in [0.29, 0.717) is 18.6 Å². The number of nitrogens with zero attached hydrogens (tertiary/aromatic N) is 1. The van der Waals surface area contributed by atoms with Crippen molar-refractivity contribution >= 4 is 23.3 Å². The van der Waals surface area contributed by atoms with Crippen LogP contribution in [0, 0.1) is 17.8 Å². The maximum atomic E-state index is 11.7. The number of ether oxygens (including phenoxy) is 1. The summed E-state index contributed by atoms with van der Waals surface area (Å²) in [5.74, 6) is 1.42. The van der Waals surface area contributed by atoms with Gasteiger partial charge in [-0.1, -0.05) is 12.2 Å². The van der Waals surface area contributed by atoms with Crippen molar-refractivity contribution < 1.29 is 9.53 Å². The van der Waals surface area contributed by atoms with Crippen LogP contribution in [0.4, 0.5) is 0 Å². The molecule has 2 aliphatic carbocycles. The van der Waals surface area contributed by atoms with Gasteiger partial charge in [-0.3, -0.25) is 4.79 Å². The zero-order chi connectivity index (χ0) is 14.8. The number of allylic oxidation sites excluding steroid dienone is 1. The second-order valence-electron chi connectivity index (χ2n) is 6.35. The van der Waals surface area contributed by atoms with Gasteiger partial charge >= 0.3 is 5.97 Å². The van der Waals surface area contributed by atoms with Crippen LogP contribution in [0.2, 0.25) is 0 Å². The maximum absolute atomic E-state index is 11.7. The van der Waals surface area contributed by atoms with Gasteiger partial charge in [0, 0.05) is 19.1 Å². The van der Waals surface area contributed by atoms with E-state index in [2.05, 4.69) is 22.4 Å². The van der Waals surface area contributed by atoms with E-state index in [4.69, 9.17) is 17.0 Å². The fourth-order valence-corrected chi connectivity index (χ4v) is 4.11. The summed E-state index contributed by atoms with van der Waals surface area (Å²) in [6.45, 7) is 4.03. The molecule has 4 nitrogen and oxygen atoms in total. The molecule has 1 saturated carbocycles. The van der Waals surface area contributed by atoms with Gasteiger partial charge in [0.25, 0.3) is 0 Å². The van der Waals surface area contributed by atoms with E-state index in [1.807, 2.05) is 6.92 Å². The number of rotatable bonds is 3. The molecule has 116 valence electrons. The third-order valence-electron chi connectivity index (χ3n) is 4.99. The zero-order valence-corrected chi connectivity index (χ0v) is 13.4. The van der Waals surface area contributed by atoms with Gasteiger partial charge in [-0.25, -0.2) is 0 Å². The number of nitrogens with one attached hydrogen (secondary N) is 1. The lowest BCUT2D eigenvalue weighted by Gasteiger charge is -2.34. The summed E-state index contributed by atoms with van der Waals surface area (Å²) < 4.78 is 5.10. The molecule has 3 atom stereocenters. The molecule has 0 aromatic rings. The fourth-order valence-electron chi connectivity index (χ4n) is 3.77. The largest absolute Gasteiger partial charge is 0.466 e. The van der Waals surface area contributed by atoms with E-state index in [9.17, 15) is 4.79 Å². The number of esters is 1. The number of hydrogen-bond acceptors (Lipinski definition) is 3. The number of carbonyl (C=O) groups excluding carboxylic acids is 1. The fraction of sp³-hybridized carbons (Fsp3) is 0.750. The van der Waals surface area contributed by atoms with E-state index in [1.165, 1.54) is 12.8 Å². The Morgan fingerprint density at radius 2 is 2.10 bits per heavy atom. The number of carbonyl (C=O) groups is 1. The highest BCUT2D eigenvalue weighted by atomic mass is 32.1. The Labute approximate surface area is 131 Å². The summed E-state index contributed by atoms with van der Waals surface area (Å²) >= 11 is 5.56. The van der Waals surface area contributed by atoms with E-state index in [1.54, 1.807) is 0 Å². The number of hydrogen-bond donors (Lipinski definition) is 1. The van der Waals surface area contributed by atoms with Gasteiger partial charge in [0.1, 0.15) is 0 Å². The Balaban J connectivity index is 1.45. The van der Waals surface area contributed by atoms with Crippen molar-refractivity contribution in [2.75, 3.05) is 19.7 Å². The third kappa shape index (κ3) is 3.23. The highest BCUT2D eigenvalue weighted by Gasteiger charge is 2.36. The molecule has 1 aliphatic heterocycles. The molecule has 0 radical (unpaired) electrons. The van der Waals surface area contributed by atoms with Crippen molar-refractivity contribution in [1.29, 1.82) is 0 Å². The minimum atomic E-state index is -0.0470. The smallest absolute Gasteiger partial charge is 0.309 e. The molecule has 2 fully saturated rings. The summed E-state index contributed by atoms with van der Waals surface area (Å²) in [5.41, 5.74) is 0. The molecule has 1 N–H and O–H groups in total. The molecule has 2 bridgehead atoms. The second kappa shape index (κ2) is 6.34. The van der Waals surface area contributed by atoms with Crippen LogP contribution in [0.25, 0.3) is 0 Å². The van der Waals surface area contributed by atoms with Crippen LogP contribution in [0.3, 0.4) is 0 Å². The van der Waals surface area contributed by atoms with Crippen molar-refractivity contribution in [3.05, 3.63) is 12.2 Å². The van der Waals surface area contributed by atoms with Crippen molar-refractivity contribution in [1.82, 2.24) is 10.2 Å². The molecular weight excluding hydrogens is 284 g/mol. The van der Waals surface area contributed by atoms with Gasteiger partial charge in [-0.15, -0.1) is 0 Å². The highest BCUT2D eigenvalue weighted by Crippen LogP contribution is 2.39. The second-order valence-corrected chi connectivity index (χ2v) is 6.74. The van der Waals surface area contributed by atoms with Crippen LogP contribution in [-0.2, 0) is 9.53 Å². The van der Waals surface area contributed by atoms with Crippen molar-refractivity contribution in [3.8, 4) is 0 Å². The molecular formula is C16H24N2O2S. The monoisotopic (exact) mass is 308 g/mol. The predicted octanol–water partition coefficient (Wildman–Crippen LogP) is 2.10. The molecule has 0 aromatic carbocycles. The Morgan fingerprint density at radius 3 is 2.67 bits per heavy atom. The van der Waals surface area contributed by atoms with E-state index >= 15 is 0 Å². The van der Waals surface area contributed by atoms with Crippen molar-refractivity contribution in [2.24, 2.45) is 17.8 Å². The van der Waals surface area contributed by atoms with Crippen LogP contribution in [-0.4, -0.2) is 41.7 Å². The molecule has 0 aromatic heterocycles. The maximum Gasteiger partial charge on any atom is 0.309 e. The lowest BCUT2D eigenvalue weighted by Crippen LogP contribution is -2.49. The first-order valence-electron chi connectivity index (χ1n) is 8.07. The highest BCUT2D eigenvalue weighted by molar-refractivity contribution is 7.80. The summed E-state index contributed by atoms with van der Waals surface area (Å²) in [6, 6.07) is 0.510. The lowest BCUT2D eigenvalue weighted by molar-refractivity contribution is -0.149. The molecule has 5 heteroatoms. The SMILES string of the molecule is CCOC(=O)C1CCN(C(=S)N[C@@H]2C[C@H]3C=C[C@H]2C3)CC1. The van der Waals surface area contributed by atoms with Crippen LogP contribution < -0.4 is 5.32 Å². The van der Waals surface area contributed by atoms with Crippen LogP contribution in [0.5, 0.6) is 0 Å².